The van der Waals surface area contributed by atoms with Gasteiger partial charge in [-0.2, -0.15) is 0 Å². The Kier molecular flexibility index (Phi) is 1.90. The van der Waals surface area contributed by atoms with E-state index in [0.29, 0.717) is 11.4 Å². The largest absolute Gasteiger partial charge is 0.363 e. The summed E-state index contributed by atoms with van der Waals surface area (Å²) in [5.74, 6) is 0. The van der Waals surface area contributed by atoms with Crippen molar-refractivity contribution in [3.8, 4) is 0 Å². The Morgan fingerprint density at radius 2 is 2.67 bits per heavy atom. The van der Waals surface area contributed by atoms with Crippen molar-refractivity contribution in [3.63, 3.8) is 0 Å². The van der Waals surface area contributed by atoms with Gasteiger partial charge in [0.2, 0.25) is 0 Å². The second-order valence-electron chi connectivity index (χ2n) is 1.60. The summed E-state index contributed by atoms with van der Waals surface area (Å²) in [6.07, 6.45) is 3.79. The summed E-state index contributed by atoms with van der Waals surface area (Å²) >= 11 is 5.61. The van der Waals surface area contributed by atoms with Gasteiger partial charge in [0.25, 0.3) is 0 Å². The second kappa shape index (κ2) is 2.69. The first-order valence-electron chi connectivity index (χ1n) is 2.54. The molecule has 1 heterocycles. The average Bonchev–Trinajstić information content (AvgIpc) is 2.18. The summed E-state index contributed by atoms with van der Waals surface area (Å²) < 4.78 is 4.57. The fraction of sp³-hybridized carbons (Fsp3) is 0.167. The third kappa shape index (κ3) is 1.33. The smallest absolute Gasteiger partial charge is 0.142 e. The maximum atomic E-state index is 5.61. The van der Waals surface area contributed by atoms with Gasteiger partial charge in [0.1, 0.15) is 17.0 Å². The molecule has 0 saturated heterocycles. The highest BCUT2D eigenvalue weighted by atomic mass is 35.5. The molecule has 2 nitrogen and oxygen atoms in total. The Hall–Kier alpha value is -0.760. The lowest BCUT2D eigenvalue weighted by molar-refractivity contribution is 0.413. The zero-order valence-electron chi connectivity index (χ0n) is 4.80. The van der Waals surface area contributed by atoms with Crippen LogP contribution in [0.5, 0.6) is 0 Å². The SMILES string of the molecule is C=CCc1nocc1Cl. The van der Waals surface area contributed by atoms with Crippen molar-refractivity contribution in [2.24, 2.45) is 0 Å². The van der Waals surface area contributed by atoms with Crippen LogP contribution in [0.3, 0.4) is 0 Å². The van der Waals surface area contributed by atoms with E-state index in [1.165, 1.54) is 6.26 Å². The fourth-order valence-electron chi connectivity index (χ4n) is 0.519. The van der Waals surface area contributed by atoms with Crippen LogP contribution in [0.4, 0.5) is 0 Å². The summed E-state index contributed by atoms with van der Waals surface area (Å²) in [6, 6.07) is 0. The normalized spacial score (nSPS) is 9.44. The summed E-state index contributed by atoms with van der Waals surface area (Å²) in [5.41, 5.74) is 0.742. The minimum atomic E-state index is 0.565. The summed E-state index contributed by atoms with van der Waals surface area (Å²) in [7, 11) is 0. The van der Waals surface area contributed by atoms with Crippen molar-refractivity contribution in [2.75, 3.05) is 0 Å². The molecule has 0 fully saturated rings. The van der Waals surface area contributed by atoms with E-state index in [-0.39, 0.29) is 0 Å². The molecule has 1 aromatic rings. The van der Waals surface area contributed by atoms with Gasteiger partial charge in [-0.1, -0.05) is 22.8 Å². The number of allylic oxidation sites excluding steroid dienone is 1. The molecule has 3 heteroatoms. The van der Waals surface area contributed by atoms with Crippen LogP contribution in [-0.2, 0) is 6.42 Å². The van der Waals surface area contributed by atoms with Crippen LogP contribution in [-0.4, -0.2) is 5.16 Å². The fourth-order valence-corrected chi connectivity index (χ4v) is 0.671. The molecule has 0 aliphatic rings. The van der Waals surface area contributed by atoms with Crippen LogP contribution in [0.2, 0.25) is 5.02 Å². The van der Waals surface area contributed by atoms with Gasteiger partial charge in [-0.25, -0.2) is 0 Å². The van der Waals surface area contributed by atoms with Gasteiger partial charge in [0.05, 0.1) is 0 Å². The third-order valence-corrected chi connectivity index (χ3v) is 1.24. The molecule has 0 saturated carbocycles. The van der Waals surface area contributed by atoms with Gasteiger partial charge in [0, 0.05) is 6.42 Å². The molecule has 0 amide bonds. The van der Waals surface area contributed by atoms with Crippen LogP contribution < -0.4 is 0 Å². The first-order chi connectivity index (χ1) is 4.34. The van der Waals surface area contributed by atoms with Gasteiger partial charge < -0.3 is 4.52 Å². The first kappa shape index (κ1) is 6.36. The van der Waals surface area contributed by atoms with Crippen LogP contribution >= 0.6 is 11.6 Å². The summed E-state index contributed by atoms with van der Waals surface area (Å²) in [4.78, 5) is 0. The van der Waals surface area contributed by atoms with Gasteiger partial charge in [0.15, 0.2) is 0 Å². The molecule has 0 atom stereocenters. The van der Waals surface area contributed by atoms with Crippen LogP contribution in [0, 0.1) is 0 Å². The second-order valence-corrected chi connectivity index (χ2v) is 2.01. The summed E-state index contributed by atoms with van der Waals surface area (Å²) in [5, 5.41) is 4.19. The molecule has 0 radical (unpaired) electrons. The topological polar surface area (TPSA) is 26.0 Å². The summed E-state index contributed by atoms with van der Waals surface area (Å²) in [6.45, 7) is 3.54. The first-order valence-corrected chi connectivity index (χ1v) is 2.92. The highest BCUT2D eigenvalue weighted by Crippen LogP contribution is 2.13. The van der Waals surface area contributed by atoms with E-state index in [1.807, 2.05) is 0 Å². The Labute approximate surface area is 58.1 Å². The molecule has 0 bridgehead atoms. The molecule has 1 aromatic heterocycles. The Balaban J connectivity index is 2.80. The minimum absolute atomic E-state index is 0.565. The van der Waals surface area contributed by atoms with Crippen molar-refractivity contribution in [3.05, 3.63) is 29.6 Å². The van der Waals surface area contributed by atoms with E-state index in [0.717, 1.165) is 5.69 Å². The maximum Gasteiger partial charge on any atom is 0.142 e. The van der Waals surface area contributed by atoms with E-state index >= 15 is 0 Å². The number of hydrogen-bond donors (Lipinski definition) is 0. The number of halogens is 1. The maximum absolute atomic E-state index is 5.61. The van der Waals surface area contributed by atoms with Gasteiger partial charge >= 0.3 is 0 Å². The van der Waals surface area contributed by atoms with E-state index < -0.39 is 0 Å². The standard InChI is InChI=1S/C6H6ClNO/c1-2-3-6-5(7)4-9-8-6/h2,4H,1,3H2. The lowest BCUT2D eigenvalue weighted by Gasteiger charge is -1.82. The molecule has 0 aliphatic heterocycles. The average molecular weight is 144 g/mol. The van der Waals surface area contributed by atoms with Gasteiger partial charge in [-0.05, 0) is 0 Å². The van der Waals surface area contributed by atoms with Crippen molar-refractivity contribution in [1.82, 2.24) is 5.16 Å². The monoisotopic (exact) mass is 143 g/mol. The van der Waals surface area contributed by atoms with Gasteiger partial charge in [-0.15, -0.1) is 6.58 Å². The number of rotatable bonds is 2. The van der Waals surface area contributed by atoms with Crippen LogP contribution in [0.25, 0.3) is 0 Å². The third-order valence-electron chi connectivity index (χ3n) is 0.932. The van der Waals surface area contributed by atoms with E-state index in [9.17, 15) is 0 Å². The molecule has 1 rings (SSSR count). The molecule has 0 aromatic carbocycles. The zero-order valence-corrected chi connectivity index (χ0v) is 5.56. The number of nitrogens with zero attached hydrogens (tertiary/aromatic N) is 1. The quantitative estimate of drug-likeness (QED) is 0.593. The number of hydrogen-bond acceptors (Lipinski definition) is 2. The molecule has 0 spiro atoms. The molecular weight excluding hydrogens is 138 g/mol. The number of aromatic nitrogens is 1. The predicted octanol–water partition coefficient (Wildman–Crippen LogP) is 2.06. The molecule has 48 valence electrons. The predicted molar refractivity (Wildman–Crippen MR) is 35.4 cm³/mol. The Bertz CT molecular complexity index is 207. The van der Waals surface area contributed by atoms with E-state index in [4.69, 9.17) is 11.6 Å². The van der Waals surface area contributed by atoms with Crippen molar-refractivity contribution >= 4 is 11.6 Å². The van der Waals surface area contributed by atoms with Crippen molar-refractivity contribution < 1.29 is 4.52 Å². The van der Waals surface area contributed by atoms with E-state index in [1.54, 1.807) is 6.08 Å². The molecular formula is C6H6ClNO. The minimum Gasteiger partial charge on any atom is -0.363 e. The highest BCUT2D eigenvalue weighted by Gasteiger charge is 2.00. The Morgan fingerprint density at radius 1 is 1.89 bits per heavy atom. The highest BCUT2D eigenvalue weighted by molar-refractivity contribution is 6.31. The molecule has 0 aliphatic carbocycles. The molecule has 0 N–H and O–H groups in total. The molecule has 0 unspecified atom stereocenters. The van der Waals surface area contributed by atoms with E-state index in [2.05, 4.69) is 16.3 Å². The zero-order chi connectivity index (χ0) is 6.69. The van der Waals surface area contributed by atoms with Gasteiger partial charge in [-0.3, -0.25) is 0 Å². The lowest BCUT2D eigenvalue weighted by Crippen LogP contribution is -1.78. The molecule has 9 heavy (non-hydrogen) atoms. The van der Waals surface area contributed by atoms with Crippen molar-refractivity contribution in [2.45, 2.75) is 6.42 Å². The van der Waals surface area contributed by atoms with Crippen molar-refractivity contribution in [1.29, 1.82) is 0 Å². The van der Waals surface area contributed by atoms with Crippen LogP contribution in [0.1, 0.15) is 5.69 Å². The Morgan fingerprint density at radius 3 is 3.11 bits per heavy atom. The van der Waals surface area contributed by atoms with Crippen LogP contribution in [0.15, 0.2) is 23.4 Å². The lowest BCUT2D eigenvalue weighted by atomic mass is 10.3.